The van der Waals surface area contributed by atoms with Crippen LogP contribution >= 0.6 is 43.2 Å². The van der Waals surface area contributed by atoms with Crippen LogP contribution in [0.1, 0.15) is 18.2 Å². The van der Waals surface area contributed by atoms with Crippen LogP contribution in [0.5, 0.6) is 0 Å². The molecule has 0 fully saturated rings. The van der Waals surface area contributed by atoms with Crippen molar-refractivity contribution in [1.82, 2.24) is 0 Å². The Morgan fingerprint density at radius 2 is 2.09 bits per heavy atom. The van der Waals surface area contributed by atoms with Crippen LogP contribution in [-0.2, 0) is 11.3 Å². The van der Waals surface area contributed by atoms with Crippen molar-refractivity contribution in [3.05, 3.63) is 43.5 Å². The molecule has 0 saturated heterocycles. The molecule has 0 aliphatic heterocycles. The fourth-order valence-corrected chi connectivity index (χ4v) is 3.60. The molecule has 0 saturated carbocycles. The fraction of sp³-hybridized carbons (Fsp3) is 0.267. The number of carbonyl (C=O) groups is 1. The summed E-state index contributed by atoms with van der Waals surface area (Å²) in [7, 11) is 0. The van der Waals surface area contributed by atoms with Gasteiger partial charge in [-0.15, -0.1) is 11.3 Å². The van der Waals surface area contributed by atoms with E-state index in [2.05, 4.69) is 48.6 Å². The third kappa shape index (κ3) is 5.30. The van der Waals surface area contributed by atoms with E-state index in [0.29, 0.717) is 12.3 Å². The highest BCUT2D eigenvalue weighted by Crippen LogP contribution is 2.27. The molecular weight excluding hydrogens is 432 g/mol. The first-order valence-electron chi connectivity index (χ1n) is 6.80. The molecule has 118 valence electrons. The van der Waals surface area contributed by atoms with Gasteiger partial charge in [-0.05, 0) is 68.6 Å². The largest absolute Gasteiger partial charge is 0.449 e. The van der Waals surface area contributed by atoms with Gasteiger partial charge in [-0.1, -0.05) is 6.92 Å². The Hall–Kier alpha value is -1.05. The fourth-order valence-electron chi connectivity index (χ4n) is 1.70. The Kier molecular flexibility index (Phi) is 6.72. The quantitative estimate of drug-likeness (QED) is 0.584. The second kappa shape index (κ2) is 8.55. The van der Waals surface area contributed by atoms with Gasteiger partial charge in [0.1, 0.15) is 0 Å². The number of halogens is 2. The van der Waals surface area contributed by atoms with E-state index in [-0.39, 0.29) is 0 Å². The smallest absolute Gasteiger partial charge is 0.411 e. The van der Waals surface area contributed by atoms with Crippen molar-refractivity contribution < 1.29 is 9.53 Å². The summed E-state index contributed by atoms with van der Waals surface area (Å²) in [4.78, 5) is 12.8. The summed E-state index contributed by atoms with van der Waals surface area (Å²) in [6, 6.07) is 9.80. The standard InChI is InChI=1S/C15H16Br2N2O2S/c1-2-7-21-15(20)19-13-5-3-10(8-12(13)16)18-9-11-4-6-14(17)22-11/h3-6,8,18H,2,7,9H2,1H3,(H,19,20). The summed E-state index contributed by atoms with van der Waals surface area (Å²) in [5.74, 6) is 0. The molecule has 2 rings (SSSR count). The highest BCUT2D eigenvalue weighted by Gasteiger charge is 2.07. The van der Waals surface area contributed by atoms with Gasteiger partial charge in [0.2, 0.25) is 0 Å². The zero-order valence-corrected chi connectivity index (χ0v) is 16.0. The van der Waals surface area contributed by atoms with Gasteiger partial charge in [0.25, 0.3) is 0 Å². The summed E-state index contributed by atoms with van der Waals surface area (Å²) in [6.07, 6.45) is 0.364. The Labute approximate surface area is 150 Å². The van der Waals surface area contributed by atoms with Gasteiger partial charge < -0.3 is 10.1 Å². The predicted octanol–water partition coefficient (Wildman–Crippen LogP) is 5.84. The molecule has 2 aromatic rings. The Bertz CT molecular complexity index is 646. The monoisotopic (exact) mass is 446 g/mol. The van der Waals surface area contributed by atoms with Gasteiger partial charge in [0.15, 0.2) is 0 Å². The van der Waals surface area contributed by atoms with Crippen molar-refractivity contribution in [3.63, 3.8) is 0 Å². The van der Waals surface area contributed by atoms with Crippen LogP contribution in [0.2, 0.25) is 0 Å². The first-order valence-corrected chi connectivity index (χ1v) is 9.20. The van der Waals surface area contributed by atoms with Crippen molar-refractivity contribution in [2.75, 3.05) is 17.2 Å². The molecule has 0 aliphatic carbocycles. The van der Waals surface area contributed by atoms with E-state index in [1.165, 1.54) is 4.88 Å². The molecule has 1 aromatic heterocycles. The number of nitrogens with one attached hydrogen (secondary N) is 2. The lowest BCUT2D eigenvalue weighted by molar-refractivity contribution is 0.161. The van der Waals surface area contributed by atoms with E-state index in [9.17, 15) is 4.79 Å². The molecule has 0 spiro atoms. The van der Waals surface area contributed by atoms with Crippen LogP contribution < -0.4 is 10.6 Å². The minimum absolute atomic E-state index is 0.416. The first kappa shape index (κ1) is 17.3. The third-order valence-corrected chi connectivity index (χ3v) is 5.02. The summed E-state index contributed by atoms with van der Waals surface area (Å²) in [5.41, 5.74) is 1.66. The molecule has 0 radical (unpaired) electrons. The summed E-state index contributed by atoms with van der Waals surface area (Å²) in [5, 5.41) is 6.05. The van der Waals surface area contributed by atoms with E-state index in [0.717, 1.165) is 26.9 Å². The lowest BCUT2D eigenvalue weighted by Crippen LogP contribution is -2.14. The minimum Gasteiger partial charge on any atom is -0.449 e. The van der Waals surface area contributed by atoms with Gasteiger partial charge in [0, 0.05) is 21.6 Å². The van der Waals surface area contributed by atoms with Gasteiger partial charge in [-0.25, -0.2) is 4.79 Å². The Morgan fingerprint density at radius 3 is 2.73 bits per heavy atom. The lowest BCUT2D eigenvalue weighted by atomic mass is 10.2. The maximum absolute atomic E-state index is 11.5. The zero-order valence-electron chi connectivity index (χ0n) is 12.0. The molecule has 0 unspecified atom stereocenters. The zero-order chi connectivity index (χ0) is 15.9. The van der Waals surface area contributed by atoms with Crippen molar-refractivity contribution in [2.45, 2.75) is 19.9 Å². The van der Waals surface area contributed by atoms with E-state index >= 15 is 0 Å². The van der Waals surface area contributed by atoms with Crippen molar-refractivity contribution in [1.29, 1.82) is 0 Å². The number of rotatable bonds is 6. The minimum atomic E-state index is -0.438. The number of hydrogen-bond acceptors (Lipinski definition) is 4. The Balaban J connectivity index is 1.92. The van der Waals surface area contributed by atoms with Crippen molar-refractivity contribution in [3.8, 4) is 0 Å². The maximum atomic E-state index is 11.5. The van der Waals surface area contributed by atoms with Gasteiger partial charge in [-0.3, -0.25) is 5.32 Å². The molecule has 1 amide bonds. The predicted molar refractivity (Wildman–Crippen MR) is 98.7 cm³/mol. The SMILES string of the molecule is CCCOC(=O)Nc1ccc(NCc2ccc(Br)s2)cc1Br. The van der Waals surface area contributed by atoms with E-state index in [4.69, 9.17) is 4.74 Å². The van der Waals surface area contributed by atoms with Gasteiger partial charge in [-0.2, -0.15) is 0 Å². The number of thiophene rings is 1. The second-order valence-electron chi connectivity index (χ2n) is 4.51. The molecule has 22 heavy (non-hydrogen) atoms. The van der Waals surface area contributed by atoms with Crippen molar-refractivity contribution >= 4 is 60.7 Å². The summed E-state index contributed by atoms with van der Waals surface area (Å²) < 4.78 is 6.92. The number of amides is 1. The topological polar surface area (TPSA) is 50.4 Å². The number of ether oxygens (including phenoxy) is 1. The lowest BCUT2D eigenvalue weighted by Gasteiger charge is -2.10. The van der Waals surface area contributed by atoms with Crippen LogP contribution in [0, 0.1) is 0 Å². The molecule has 1 aromatic carbocycles. The average molecular weight is 448 g/mol. The second-order valence-corrected chi connectivity index (χ2v) is 7.92. The van der Waals surface area contributed by atoms with Gasteiger partial charge in [0.05, 0.1) is 16.1 Å². The van der Waals surface area contributed by atoms with E-state index in [1.54, 1.807) is 11.3 Å². The van der Waals surface area contributed by atoms with Crippen LogP contribution in [0.25, 0.3) is 0 Å². The third-order valence-electron chi connectivity index (χ3n) is 2.74. The van der Waals surface area contributed by atoms with Crippen LogP contribution in [-0.4, -0.2) is 12.7 Å². The average Bonchev–Trinajstić information content (AvgIpc) is 2.91. The van der Waals surface area contributed by atoms with Gasteiger partial charge >= 0.3 is 6.09 Å². The van der Waals surface area contributed by atoms with Crippen LogP contribution in [0.15, 0.2) is 38.6 Å². The summed E-state index contributed by atoms with van der Waals surface area (Å²) in [6.45, 7) is 3.13. The number of hydrogen-bond donors (Lipinski definition) is 2. The molecule has 0 bridgehead atoms. The maximum Gasteiger partial charge on any atom is 0.411 e. The Morgan fingerprint density at radius 1 is 1.27 bits per heavy atom. The van der Waals surface area contributed by atoms with Crippen LogP contribution in [0.4, 0.5) is 16.2 Å². The highest BCUT2D eigenvalue weighted by molar-refractivity contribution is 9.11. The molecule has 7 heteroatoms. The first-order chi connectivity index (χ1) is 10.6. The molecular formula is C15H16Br2N2O2S. The highest BCUT2D eigenvalue weighted by atomic mass is 79.9. The normalized spacial score (nSPS) is 10.3. The van der Waals surface area contributed by atoms with Crippen LogP contribution in [0.3, 0.4) is 0 Å². The number of carbonyl (C=O) groups excluding carboxylic acids is 1. The van der Waals surface area contributed by atoms with Crippen molar-refractivity contribution in [2.24, 2.45) is 0 Å². The molecule has 2 N–H and O–H groups in total. The van der Waals surface area contributed by atoms with E-state index < -0.39 is 6.09 Å². The number of benzene rings is 1. The molecule has 1 heterocycles. The van der Waals surface area contributed by atoms with E-state index in [1.807, 2.05) is 31.2 Å². The molecule has 0 atom stereocenters. The number of anilines is 2. The molecule has 0 aliphatic rings. The summed E-state index contributed by atoms with van der Waals surface area (Å²) >= 11 is 8.61. The molecule has 4 nitrogen and oxygen atoms in total.